The minimum Gasteiger partial charge on any atom is -0.396 e. The molecule has 0 aromatic carbocycles. The molecule has 2 aliphatic rings. The predicted molar refractivity (Wildman–Crippen MR) is 67.4 cm³/mol. The van der Waals surface area contributed by atoms with E-state index in [9.17, 15) is 5.11 Å². The van der Waals surface area contributed by atoms with Gasteiger partial charge < -0.3 is 10.0 Å². The molecular formula is C14H27NO. The molecule has 1 saturated heterocycles. The first-order valence-electron chi connectivity index (χ1n) is 7.11. The molecule has 1 aliphatic heterocycles. The van der Waals surface area contributed by atoms with Crippen LogP contribution in [0.3, 0.4) is 0 Å². The van der Waals surface area contributed by atoms with Gasteiger partial charge in [-0.2, -0.15) is 0 Å². The van der Waals surface area contributed by atoms with Crippen LogP contribution < -0.4 is 0 Å². The zero-order valence-corrected chi connectivity index (χ0v) is 10.7. The number of piperidine rings is 1. The summed E-state index contributed by atoms with van der Waals surface area (Å²) in [6, 6.07) is 0. The molecule has 2 fully saturated rings. The zero-order valence-electron chi connectivity index (χ0n) is 10.7. The van der Waals surface area contributed by atoms with Gasteiger partial charge in [0.2, 0.25) is 0 Å². The smallest absolute Gasteiger partial charge is 0.0499 e. The summed E-state index contributed by atoms with van der Waals surface area (Å²) in [5, 5.41) is 9.64. The summed E-state index contributed by atoms with van der Waals surface area (Å²) in [5.74, 6) is 0.908. The number of rotatable bonds is 4. The fourth-order valence-electron chi connectivity index (χ4n) is 3.59. The fourth-order valence-corrected chi connectivity index (χ4v) is 3.59. The highest BCUT2D eigenvalue weighted by atomic mass is 16.3. The van der Waals surface area contributed by atoms with Crippen LogP contribution in [0, 0.1) is 11.3 Å². The standard InChI is InChI=1S/C14H27NO/c1-2-13-6-5-9-15(10-13)11-14(12-16)7-3-4-8-14/h13,16H,2-12H2,1H3. The largest absolute Gasteiger partial charge is 0.396 e. The number of hydrogen-bond donors (Lipinski definition) is 1. The Morgan fingerprint density at radius 1 is 1.25 bits per heavy atom. The summed E-state index contributed by atoms with van der Waals surface area (Å²) in [5.41, 5.74) is 0.260. The Morgan fingerprint density at radius 3 is 2.62 bits per heavy atom. The molecule has 0 bridgehead atoms. The second kappa shape index (κ2) is 5.50. The van der Waals surface area contributed by atoms with Crippen molar-refractivity contribution in [2.24, 2.45) is 11.3 Å². The molecule has 1 atom stereocenters. The Kier molecular flexibility index (Phi) is 4.26. The third kappa shape index (κ3) is 2.78. The first-order valence-corrected chi connectivity index (χ1v) is 7.11. The highest BCUT2D eigenvalue weighted by Gasteiger charge is 2.35. The van der Waals surface area contributed by atoms with E-state index in [2.05, 4.69) is 11.8 Å². The molecular weight excluding hydrogens is 198 g/mol. The Labute approximate surface area is 100 Å². The average molecular weight is 225 g/mol. The number of hydrogen-bond acceptors (Lipinski definition) is 2. The zero-order chi connectivity index (χ0) is 11.4. The van der Waals surface area contributed by atoms with Gasteiger partial charge in [-0.05, 0) is 38.1 Å². The van der Waals surface area contributed by atoms with E-state index in [0.29, 0.717) is 6.61 Å². The van der Waals surface area contributed by atoms with Gasteiger partial charge in [0.05, 0.1) is 0 Å². The van der Waals surface area contributed by atoms with Crippen molar-refractivity contribution >= 4 is 0 Å². The summed E-state index contributed by atoms with van der Waals surface area (Å²) in [7, 11) is 0. The third-order valence-electron chi connectivity index (χ3n) is 4.74. The van der Waals surface area contributed by atoms with E-state index in [0.717, 1.165) is 12.5 Å². The van der Waals surface area contributed by atoms with Crippen molar-refractivity contribution in [2.75, 3.05) is 26.2 Å². The Balaban J connectivity index is 1.87. The number of aliphatic hydroxyl groups excluding tert-OH is 1. The van der Waals surface area contributed by atoms with Crippen LogP contribution >= 0.6 is 0 Å². The summed E-state index contributed by atoms with van der Waals surface area (Å²) in [4.78, 5) is 2.62. The lowest BCUT2D eigenvalue weighted by Crippen LogP contribution is -2.43. The van der Waals surface area contributed by atoms with Crippen molar-refractivity contribution in [2.45, 2.75) is 51.9 Å². The number of likely N-dealkylation sites (tertiary alicyclic amines) is 1. The van der Waals surface area contributed by atoms with Crippen LogP contribution in [0.15, 0.2) is 0 Å². The number of aliphatic hydroxyl groups is 1. The van der Waals surface area contributed by atoms with Crippen LogP contribution in [-0.2, 0) is 0 Å². The summed E-state index contributed by atoms with van der Waals surface area (Å²) >= 11 is 0. The topological polar surface area (TPSA) is 23.5 Å². The molecule has 94 valence electrons. The van der Waals surface area contributed by atoms with E-state index < -0.39 is 0 Å². The van der Waals surface area contributed by atoms with Crippen LogP contribution in [0.4, 0.5) is 0 Å². The lowest BCUT2D eigenvalue weighted by molar-refractivity contribution is 0.0565. The first-order chi connectivity index (χ1) is 7.78. The normalized spacial score (nSPS) is 30.8. The van der Waals surface area contributed by atoms with E-state index in [4.69, 9.17) is 0 Å². The van der Waals surface area contributed by atoms with E-state index in [1.54, 1.807) is 0 Å². The van der Waals surface area contributed by atoms with Crippen LogP contribution in [0.1, 0.15) is 51.9 Å². The van der Waals surface area contributed by atoms with Crippen molar-refractivity contribution in [3.8, 4) is 0 Å². The second-order valence-electron chi connectivity index (χ2n) is 6.02. The van der Waals surface area contributed by atoms with Crippen LogP contribution in [0.5, 0.6) is 0 Å². The Hall–Kier alpha value is -0.0800. The highest BCUT2D eigenvalue weighted by Crippen LogP contribution is 2.39. The first kappa shape index (κ1) is 12.4. The molecule has 1 aliphatic carbocycles. The number of nitrogens with zero attached hydrogens (tertiary/aromatic N) is 1. The molecule has 2 rings (SSSR count). The van der Waals surface area contributed by atoms with Crippen molar-refractivity contribution in [3.63, 3.8) is 0 Å². The van der Waals surface area contributed by atoms with Gasteiger partial charge in [0.1, 0.15) is 0 Å². The molecule has 0 aromatic rings. The lowest BCUT2D eigenvalue weighted by atomic mass is 9.85. The molecule has 0 radical (unpaired) electrons. The molecule has 1 N–H and O–H groups in total. The van der Waals surface area contributed by atoms with Crippen LogP contribution in [0.25, 0.3) is 0 Å². The van der Waals surface area contributed by atoms with Crippen molar-refractivity contribution in [1.29, 1.82) is 0 Å². The van der Waals surface area contributed by atoms with Crippen molar-refractivity contribution in [3.05, 3.63) is 0 Å². The molecule has 2 nitrogen and oxygen atoms in total. The van der Waals surface area contributed by atoms with Gasteiger partial charge >= 0.3 is 0 Å². The van der Waals surface area contributed by atoms with E-state index in [1.165, 1.54) is 58.0 Å². The van der Waals surface area contributed by atoms with Gasteiger partial charge in [-0.15, -0.1) is 0 Å². The maximum atomic E-state index is 9.64. The summed E-state index contributed by atoms with van der Waals surface area (Å²) < 4.78 is 0. The fraction of sp³-hybridized carbons (Fsp3) is 1.00. The van der Waals surface area contributed by atoms with E-state index >= 15 is 0 Å². The van der Waals surface area contributed by atoms with E-state index in [-0.39, 0.29) is 5.41 Å². The van der Waals surface area contributed by atoms with Gasteiger partial charge in [0.15, 0.2) is 0 Å². The minimum atomic E-state index is 0.260. The molecule has 0 amide bonds. The monoisotopic (exact) mass is 225 g/mol. The molecule has 1 heterocycles. The van der Waals surface area contributed by atoms with Gasteiger partial charge in [-0.1, -0.05) is 26.2 Å². The highest BCUT2D eigenvalue weighted by molar-refractivity contribution is 4.88. The van der Waals surface area contributed by atoms with Crippen molar-refractivity contribution in [1.82, 2.24) is 4.90 Å². The van der Waals surface area contributed by atoms with Gasteiger partial charge in [0.25, 0.3) is 0 Å². The van der Waals surface area contributed by atoms with Gasteiger partial charge in [-0.25, -0.2) is 0 Å². The van der Waals surface area contributed by atoms with Crippen LogP contribution in [-0.4, -0.2) is 36.2 Å². The lowest BCUT2D eigenvalue weighted by Gasteiger charge is -2.38. The molecule has 0 aromatic heterocycles. The maximum absolute atomic E-state index is 9.64. The van der Waals surface area contributed by atoms with Crippen molar-refractivity contribution < 1.29 is 5.11 Å². The molecule has 2 heteroatoms. The molecule has 1 unspecified atom stereocenters. The maximum Gasteiger partial charge on any atom is 0.0499 e. The van der Waals surface area contributed by atoms with E-state index in [1.807, 2.05) is 0 Å². The van der Waals surface area contributed by atoms with Gasteiger partial charge in [0, 0.05) is 25.1 Å². The summed E-state index contributed by atoms with van der Waals surface area (Å²) in [6.45, 7) is 6.41. The molecule has 1 saturated carbocycles. The Bertz CT molecular complexity index is 211. The minimum absolute atomic E-state index is 0.260. The quantitative estimate of drug-likeness (QED) is 0.795. The molecule has 0 spiro atoms. The third-order valence-corrected chi connectivity index (χ3v) is 4.74. The van der Waals surface area contributed by atoms with Crippen LogP contribution in [0.2, 0.25) is 0 Å². The second-order valence-corrected chi connectivity index (χ2v) is 6.02. The molecule has 16 heavy (non-hydrogen) atoms. The summed E-state index contributed by atoms with van der Waals surface area (Å²) in [6.07, 6.45) is 9.24. The van der Waals surface area contributed by atoms with Gasteiger partial charge in [-0.3, -0.25) is 0 Å². The Morgan fingerprint density at radius 2 is 2.00 bits per heavy atom. The average Bonchev–Trinajstić information content (AvgIpc) is 2.78. The SMILES string of the molecule is CCC1CCCN(CC2(CO)CCCC2)C1. The predicted octanol–water partition coefficient (Wildman–Crippen LogP) is 2.66.